The number of nitrogens with zero attached hydrogens (tertiary/aromatic N) is 3. The maximum absolute atomic E-state index is 5.70. The van der Waals surface area contributed by atoms with Crippen LogP contribution in [0.1, 0.15) is 18.8 Å². The highest BCUT2D eigenvalue weighted by Crippen LogP contribution is 2.08. The third-order valence-corrected chi connectivity index (χ3v) is 1.75. The third-order valence-electron chi connectivity index (χ3n) is 1.75. The molecule has 2 aromatic heterocycles. The van der Waals surface area contributed by atoms with Crippen LogP contribution in [0.2, 0.25) is 0 Å². The van der Waals surface area contributed by atoms with E-state index in [1.54, 1.807) is 0 Å². The van der Waals surface area contributed by atoms with Crippen LogP contribution in [0.15, 0.2) is 24.4 Å². The number of fused-ring (bicyclic) bond motifs is 1. The number of rotatable bonds is 1. The number of pyridine rings is 1. The molecule has 78 valence electrons. The van der Waals surface area contributed by atoms with Gasteiger partial charge in [0.1, 0.15) is 0 Å². The van der Waals surface area contributed by atoms with Crippen LogP contribution in [0.4, 0.5) is 0 Å². The van der Waals surface area contributed by atoms with E-state index in [1.165, 1.54) is 0 Å². The number of hydrogen-bond acceptors (Lipinski definition) is 3. The first-order valence-electron chi connectivity index (χ1n) is 3.84. The largest absolute Gasteiger partial charge is 0.322 e. The summed E-state index contributed by atoms with van der Waals surface area (Å²) in [5.74, 6) is 0.797. The maximum atomic E-state index is 5.70. The lowest BCUT2D eigenvalue weighted by atomic mass is 10.3. The summed E-state index contributed by atoms with van der Waals surface area (Å²) < 4.78 is 1.89. The second-order valence-corrected chi connectivity index (χ2v) is 2.78. The molecule has 0 bridgehead atoms. The molecule has 0 amide bonds. The smallest absolute Gasteiger partial charge is 0.160 e. The van der Waals surface area contributed by atoms with Gasteiger partial charge in [-0.25, -0.2) is 0 Å². The van der Waals surface area contributed by atoms with Gasteiger partial charge in [-0.3, -0.25) is 4.40 Å². The molecule has 0 aromatic carbocycles. The Bertz CT molecular complexity index is 399. The Kier molecular flexibility index (Phi) is 4.83. The average Bonchev–Trinajstić information content (AvgIpc) is 2.47. The highest BCUT2D eigenvalue weighted by Gasteiger charge is 2.07. The lowest BCUT2D eigenvalue weighted by molar-refractivity contribution is 0.726. The van der Waals surface area contributed by atoms with E-state index >= 15 is 0 Å². The quantitative estimate of drug-likeness (QED) is 0.816. The van der Waals surface area contributed by atoms with Gasteiger partial charge in [0, 0.05) is 6.20 Å². The molecule has 0 spiro atoms. The summed E-state index contributed by atoms with van der Waals surface area (Å²) >= 11 is 0. The van der Waals surface area contributed by atoms with Crippen LogP contribution in [-0.2, 0) is 0 Å². The van der Waals surface area contributed by atoms with Gasteiger partial charge < -0.3 is 5.73 Å². The molecule has 2 rings (SSSR count). The lowest BCUT2D eigenvalue weighted by Crippen LogP contribution is -2.09. The molecule has 0 aliphatic carbocycles. The number of aromatic nitrogens is 3. The molecule has 2 aromatic rings. The molecule has 1 atom stereocenters. The molecular formula is C8H12Cl2N4. The zero-order valence-electron chi connectivity index (χ0n) is 7.62. The normalized spacial score (nSPS) is 11.6. The zero-order valence-corrected chi connectivity index (χ0v) is 9.26. The summed E-state index contributed by atoms with van der Waals surface area (Å²) in [5.41, 5.74) is 6.54. The summed E-state index contributed by atoms with van der Waals surface area (Å²) in [5, 5.41) is 7.96. The number of halogens is 2. The summed E-state index contributed by atoms with van der Waals surface area (Å²) in [7, 11) is 0. The van der Waals surface area contributed by atoms with Crippen LogP contribution in [0.25, 0.3) is 5.65 Å². The van der Waals surface area contributed by atoms with E-state index in [0.717, 1.165) is 11.5 Å². The van der Waals surface area contributed by atoms with E-state index in [0.29, 0.717) is 0 Å². The van der Waals surface area contributed by atoms with Crippen molar-refractivity contribution in [3.63, 3.8) is 0 Å². The average molecular weight is 235 g/mol. The Hall–Kier alpha value is -0.840. The second kappa shape index (κ2) is 5.14. The van der Waals surface area contributed by atoms with Crippen LogP contribution in [-0.4, -0.2) is 14.6 Å². The van der Waals surface area contributed by atoms with Crippen LogP contribution in [0, 0.1) is 0 Å². The van der Waals surface area contributed by atoms with Crippen LogP contribution >= 0.6 is 24.8 Å². The first kappa shape index (κ1) is 13.2. The van der Waals surface area contributed by atoms with E-state index in [2.05, 4.69) is 10.2 Å². The highest BCUT2D eigenvalue weighted by molar-refractivity contribution is 5.85. The maximum Gasteiger partial charge on any atom is 0.160 e. The standard InChI is InChI=1S/C8H10N4.2ClH/c1-6(9)8-11-10-7-4-2-3-5-12(7)8;;/h2-6H,9H2,1H3;2*1H/t6-;;/m1../s1. The molecule has 14 heavy (non-hydrogen) atoms. The summed E-state index contributed by atoms with van der Waals surface area (Å²) in [6, 6.07) is 5.68. The summed E-state index contributed by atoms with van der Waals surface area (Å²) in [6.07, 6.45) is 1.91. The Morgan fingerprint density at radius 1 is 1.29 bits per heavy atom. The Labute approximate surface area is 94.3 Å². The molecular weight excluding hydrogens is 223 g/mol. The van der Waals surface area contributed by atoms with Gasteiger partial charge in [-0.05, 0) is 19.1 Å². The molecule has 0 saturated carbocycles. The molecule has 0 saturated heterocycles. The van der Waals surface area contributed by atoms with Crippen molar-refractivity contribution in [2.24, 2.45) is 5.73 Å². The van der Waals surface area contributed by atoms with E-state index in [1.807, 2.05) is 35.7 Å². The predicted octanol–water partition coefficient (Wildman–Crippen LogP) is 1.59. The van der Waals surface area contributed by atoms with Crippen LogP contribution in [0.5, 0.6) is 0 Å². The minimum Gasteiger partial charge on any atom is -0.322 e. The lowest BCUT2D eigenvalue weighted by Gasteiger charge is -2.00. The van der Waals surface area contributed by atoms with Crippen molar-refractivity contribution in [2.45, 2.75) is 13.0 Å². The Balaban J connectivity index is 0.000000845. The van der Waals surface area contributed by atoms with Gasteiger partial charge in [0.15, 0.2) is 11.5 Å². The van der Waals surface area contributed by atoms with Crippen molar-refractivity contribution >= 4 is 30.5 Å². The highest BCUT2D eigenvalue weighted by atomic mass is 35.5. The minimum atomic E-state index is -0.0811. The van der Waals surface area contributed by atoms with Crippen LogP contribution in [0.3, 0.4) is 0 Å². The fourth-order valence-corrected chi connectivity index (χ4v) is 1.17. The zero-order chi connectivity index (χ0) is 8.55. The summed E-state index contributed by atoms with van der Waals surface area (Å²) in [6.45, 7) is 1.89. The van der Waals surface area contributed by atoms with Crippen molar-refractivity contribution in [2.75, 3.05) is 0 Å². The number of nitrogens with two attached hydrogens (primary N) is 1. The van der Waals surface area contributed by atoms with E-state index in [9.17, 15) is 0 Å². The first-order chi connectivity index (χ1) is 5.79. The fourth-order valence-electron chi connectivity index (χ4n) is 1.17. The van der Waals surface area contributed by atoms with Gasteiger partial charge in [-0.15, -0.1) is 35.0 Å². The van der Waals surface area contributed by atoms with Crippen molar-refractivity contribution in [3.8, 4) is 0 Å². The molecule has 0 fully saturated rings. The molecule has 0 aliphatic heterocycles. The Morgan fingerprint density at radius 3 is 2.64 bits per heavy atom. The van der Waals surface area contributed by atoms with Crippen molar-refractivity contribution in [1.29, 1.82) is 0 Å². The van der Waals surface area contributed by atoms with Crippen molar-refractivity contribution in [1.82, 2.24) is 14.6 Å². The topological polar surface area (TPSA) is 56.2 Å². The van der Waals surface area contributed by atoms with Gasteiger partial charge >= 0.3 is 0 Å². The van der Waals surface area contributed by atoms with Gasteiger partial charge in [-0.2, -0.15) is 0 Å². The second-order valence-electron chi connectivity index (χ2n) is 2.78. The molecule has 6 heteroatoms. The van der Waals surface area contributed by atoms with Crippen molar-refractivity contribution < 1.29 is 0 Å². The molecule has 0 unspecified atom stereocenters. The third kappa shape index (κ3) is 2.15. The van der Waals surface area contributed by atoms with Gasteiger partial charge in [-0.1, -0.05) is 6.07 Å². The van der Waals surface area contributed by atoms with Gasteiger partial charge in [0.2, 0.25) is 0 Å². The first-order valence-corrected chi connectivity index (χ1v) is 3.84. The van der Waals surface area contributed by atoms with Crippen LogP contribution < -0.4 is 5.73 Å². The minimum absolute atomic E-state index is 0. The Morgan fingerprint density at radius 2 is 2.00 bits per heavy atom. The van der Waals surface area contributed by atoms with E-state index < -0.39 is 0 Å². The van der Waals surface area contributed by atoms with E-state index in [-0.39, 0.29) is 30.9 Å². The monoisotopic (exact) mass is 234 g/mol. The fraction of sp³-hybridized carbons (Fsp3) is 0.250. The SMILES string of the molecule is C[C@@H](N)c1nnc2ccccn12.Cl.Cl. The molecule has 2 N–H and O–H groups in total. The molecule has 4 nitrogen and oxygen atoms in total. The van der Waals surface area contributed by atoms with Gasteiger partial charge in [0.25, 0.3) is 0 Å². The predicted molar refractivity (Wildman–Crippen MR) is 60.1 cm³/mol. The van der Waals surface area contributed by atoms with Crippen molar-refractivity contribution in [3.05, 3.63) is 30.2 Å². The molecule has 0 radical (unpaired) electrons. The van der Waals surface area contributed by atoms with Gasteiger partial charge in [0.05, 0.1) is 6.04 Å². The molecule has 2 heterocycles. The molecule has 0 aliphatic rings. The number of hydrogen-bond donors (Lipinski definition) is 1. The summed E-state index contributed by atoms with van der Waals surface area (Å²) in [4.78, 5) is 0. The van der Waals surface area contributed by atoms with E-state index in [4.69, 9.17) is 5.73 Å².